The fourth-order valence-corrected chi connectivity index (χ4v) is 5.08. The van der Waals surface area contributed by atoms with E-state index < -0.39 is 0 Å². The molecule has 2 heterocycles. The molecule has 1 saturated carbocycles. The molecule has 0 aliphatic heterocycles. The Labute approximate surface area is 198 Å². The largest absolute Gasteiger partial charge is 0.374 e. The molecule has 1 aliphatic rings. The predicted molar refractivity (Wildman–Crippen MR) is 131 cm³/mol. The summed E-state index contributed by atoms with van der Waals surface area (Å²) in [6.07, 6.45) is 11.0. The Morgan fingerprint density at radius 1 is 1.16 bits per heavy atom. The zero-order chi connectivity index (χ0) is 22.3. The molecule has 0 spiro atoms. The normalized spacial score (nSPS) is 14.3. The molecule has 1 aromatic carbocycles. The summed E-state index contributed by atoms with van der Waals surface area (Å²) < 4.78 is 1.94. The van der Waals surface area contributed by atoms with Crippen LogP contribution in [0.1, 0.15) is 42.6 Å². The molecular formula is C24H28ClN5OS. The maximum atomic E-state index is 13.1. The van der Waals surface area contributed by atoms with Gasteiger partial charge < -0.3 is 10.2 Å². The lowest BCUT2D eigenvalue weighted by molar-refractivity contribution is 0.0920. The van der Waals surface area contributed by atoms with Crippen molar-refractivity contribution in [2.24, 2.45) is 0 Å². The number of hydrogen-bond acceptors (Lipinski definition) is 5. The second-order valence-corrected chi connectivity index (χ2v) is 9.52. The Bertz CT molecular complexity index is 1020. The van der Waals surface area contributed by atoms with Crippen molar-refractivity contribution in [1.82, 2.24) is 19.9 Å². The van der Waals surface area contributed by atoms with Crippen LogP contribution in [0.2, 0.25) is 5.02 Å². The summed E-state index contributed by atoms with van der Waals surface area (Å²) in [7, 11) is 2.06. The highest BCUT2D eigenvalue weighted by molar-refractivity contribution is 7.99. The van der Waals surface area contributed by atoms with Gasteiger partial charge in [0.25, 0.3) is 5.91 Å². The zero-order valence-corrected chi connectivity index (χ0v) is 19.8. The molecule has 0 bridgehead atoms. The molecule has 0 unspecified atom stereocenters. The van der Waals surface area contributed by atoms with Crippen molar-refractivity contribution in [3.05, 3.63) is 65.7 Å². The summed E-state index contributed by atoms with van der Waals surface area (Å²) in [5.41, 5.74) is 2.56. The first-order chi connectivity index (χ1) is 15.6. The highest BCUT2D eigenvalue weighted by Crippen LogP contribution is 2.26. The molecule has 1 N–H and O–H groups in total. The van der Waals surface area contributed by atoms with E-state index in [1.807, 2.05) is 41.0 Å². The van der Waals surface area contributed by atoms with E-state index in [0.717, 1.165) is 41.7 Å². The maximum Gasteiger partial charge on any atom is 0.270 e. The van der Waals surface area contributed by atoms with E-state index in [9.17, 15) is 4.79 Å². The van der Waals surface area contributed by atoms with Gasteiger partial charge in [-0.15, -0.1) is 0 Å². The lowest BCUT2D eigenvalue weighted by Crippen LogP contribution is -2.37. The van der Waals surface area contributed by atoms with Crippen molar-refractivity contribution in [1.29, 1.82) is 0 Å². The van der Waals surface area contributed by atoms with Gasteiger partial charge in [0, 0.05) is 54.2 Å². The Hall–Kier alpha value is -2.51. The van der Waals surface area contributed by atoms with E-state index in [1.54, 1.807) is 30.4 Å². The van der Waals surface area contributed by atoms with Gasteiger partial charge in [0.1, 0.15) is 5.69 Å². The minimum absolute atomic E-state index is 0.0693. The number of rotatable bonds is 8. The molecule has 32 heavy (non-hydrogen) atoms. The zero-order valence-electron chi connectivity index (χ0n) is 18.2. The van der Waals surface area contributed by atoms with Crippen LogP contribution in [0.25, 0.3) is 5.69 Å². The minimum atomic E-state index is -0.0693. The summed E-state index contributed by atoms with van der Waals surface area (Å²) in [5, 5.41) is 4.67. The van der Waals surface area contributed by atoms with Gasteiger partial charge in [0.05, 0.1) is 6.20 Å². The predicted octanol–water partition coefficient (Wildman–Crippen LogP) is 5.21. The third-order valence-electron chi connectivity index (χ3n) is 5.75. The van der Waals surface area contributed by atoms with Gasteiger partial charge in [-0.2, -0.15) is 0 Å². The second-order valence-electron chi connectivity index (χ2n) is 8.02. The van der Waals surface area contributed by atoms with Crippen LogP contribution in [0.15, 0.2) is 60.1 Å². The fraction of sp³-hybridized carbons (Fsp3) is 0.375. The number of nitrogens with zero attached hydrogens (tertiary/aromatic N) is 4. The molecule has 1 aliphatic carbocycles. The number of aromatic nitrogens is 3. The number of pyridine rings is 1. The molecule has 168 valence electrons. The fourth-order valence-electron chi connectivity index (χ4n) is 3.94. The van der Waals surface area contributed by atoms with Crippen LogP contribution in [-0.4, -0.2) is 45.8 Å². The molecule has 6 nitrogen and oxygen atoms in total. The molecule has 4 rings (SSSR count). The number of amides is 1. The van der Waals surface area contributed by atoms with Crippen LogP contribution in [0.5, 0.6) is 0 Å². The van der Waals surface area contributed by atoms with E-state index in [-0.39, 0.29) is 11.9 Å². The van der Waals surface area contributed by atoms with Gasteiger partial charge >= 0.3 is 0 Å². The van der Waals surface area contributed by atoms with Crippen molar-refractivity contribution >= 4 is 35.0 Å². The average Bonchev–Trinajstić information content (AvgIpc) is 3.25. The quantitative estimate of drug-likeness (QED) is 0.459. The highest BCUT2D eigenvalue weighted by Gasteiger charge is 2.22. The molecule has 0 radical (unpaired) electrons. The lowest BCUT2D eigenvalue weighted by Gasteiger charge is -2.23. The second kappa shape index (κ2) is 10.9. The molecular weight excluding hydrogens is 442 g/mol. The number of hydrogen-bond donors (Lipinski definition) is 1. The summed E-state index contributed by atoms with van der Waals surface area (Å²) in [6.45, 7) is 0.839. The first-order valence-corrected chi connectivity index (χ1v) is 12.4. The van der Waals surface area contributed by atoms with Crippen molar-refractivity contribution < 1.29 is 4.79 Å². The standard InChI is InChI=1S/C24H28ClN5OS/c1-29(20-11-13-26-14-12-20)15-16-32-24-27-17-22(23(31)28-19-5-3-2-4-6-19)30(24)21-9-7-18(25)8-10-21/h7-14,17,19H,2-6,15-16H2,1H3,(H,28,31). The topological polar surface area (TPSA) is 63.1 Å². The van der Waals surface area contributed by atoms with E-state index in [1.165, 1.54) is 19.3 Å². The van der Waals surface area contributed by atoms with Crippen molar-refractivity contribution in [3.8, 4) is 5.69 Å². The number of anilines is 1. The molecule has 0 atom stereocenters. The first kappa shape index (κ1) is 22.7. The SMILES string of the molecule is CN(CCSc1ncc(C(=O)NC2CCCCC2)n1-c1ccc(Cl)cc1)c1ccncc1. The van der Waals surface area contributed by atoms with Gasteiger partial charge in [-0.05, 0) is 49.2 Å². The van der Waals surface area contributed by atoms with Crippen molar-refractivity contribution in [2.45, 2.75) is 43.3 Å². The molecule has 1 amide bonds. The van der Waals surface area contributed by atoms with Crippen LogP contribution in [0, 0.1) is 0 Å². The van der Waals surface area contributed by atoms with Gasteiger partial charge in [-0.25, -0.2) is 4.98 Å². The van der Waals surface area contributed by atoms with Gasteiger partial charge in [-0.3, -0.25) is 14.3 Å². The van der Waals surface area contributed by atoms with Crippen molar-refractivity contribution in [3.63, 3.8) is 0 Å². The van der Waals surface area contributed by atoms with Crippen LogP contribution in [0.3, 0.4) is 0 Å². The van der Waals surface area contributed by atoms with Crippen LogP contribution < -0.4 is 10.2 Å². The number of carbonyl (C=O) groups is 1. The molecule has 3 aromatic rings. The van der Waals surface area contributed by atoms with Gasteiger partial charge in [0.2, 0.25) is 0 Å². The van der Waals surface area contributed by atoms with Gasteiger partial charge in [0.15, 0.2) is 5.16 Å². The number of benzene rings is 1. The third kappa shape index (κ3) is 5.64. The Morgan fingerprint density at radius 3 is 2.59 bits per heavy atom. The Balaban J connectivity index is 1.51. The van der Waals surface area contributed by atoms with E-state index >= 15 is 0 Å². The average molecular weight is 470 g/mol. The van der Waals surface area contributed by atoms with Crippen LogP contribution in [0.4, 0.5) is 5.69 Å². The number of nitrogens with one attached hydrogen (secondary N) is 1. The summed E-state index contributed by atoms with van der Waals surface area (Å²) in [6, 6.07) is 11.8. The van der Waals surface area contributed by atoms with Crippen molar-refractivity contribution in [2.75, 3.05) is 24.2 Å². The smallest absolute Gasteiger partial charge is 0.270 e. The highest BCUT2D eigenvalue weighted by atomic mass is 35.5. The number of thioether (sulfide) groups is 1. The Kier molecular flexibility index (Phi) is 7.71. The minimum Gasteiger partial charge on any atom is -0.374 e. The van der Waals surface area contributed by atoms with Crippen LogP contribution >= 0.6 is 23.4 Å². The number of halogens is 1. The molecule has 8 heteroatoms. The van der Waals surface area contributed by atoms with E-state index in [4.69, 9.17) is 11.6 Å². The van der Waals surface area contributed by atoms with E-state index in [0.29, 0.717) is 10.7 Å². The Morgan fingerprint density at radius 2 is 1.88 bits per heavy atom. The molecule has 1 fully saturated rings. The molecule has 2 aromatic heterocycles. The third-order valence-corrected chi connectivity index (χ3v) is 6.93. The summed E-state index contributed by atoms with van der Waals surface area (Å²) in [4.78, 5) is 24.0. The monoisotopic (exact) mass is 469 g/mol. The van der Waals surface area contributed by atoms with Crippen LogP contribution in [-0.2, 0) is 0 Å². The summed E-state index contributed by atoms with van der Waals surface area (Å²) in [5.74, 6) is 0.757. The first-order valence-electron chi connectivity index (χ1n) is 11.0. The number of imidazole rings is 1. The summed E-state index contributed by atoms with van der Waals surface area (Å²) >= 11 is 7.74. The number of carbonyl (C=O) groups excluding carboxylic acids is 1. The lowest BCUT2D eigenvalue weighted by atomic mass is 9.95. The van der Waals surface area contributed by atoms with E-state index in [2.05, 4.69) is 27.2 Å². The maximum absolute atomic E-state index is 13.1. The molecule has 0 saturated heterocycles. The van der Waals surface area contributed by atoms with Gasteiger partial charge in [-0.1, -0.05) is 42.6 Å².